The van der Waals surface area contributed by atoms with Crippen molar-refractivity contribution in [1.82, 2.24) is 15.1 Å². The van der Waals surface area contributed by atoms with E-state index in [2.05, 4.69) is 32.6 Å². The summed E-state index contributed by atoms with van der Waals surface area (Å²) in [5, 5.41) is 25.4. The molecule has 1 aliphatic heterocycles. The molecule has 2 aromatic rings. The van der Waals surface area contributed by atoms with Crippen LogP contribution in [-0.4, -0.2) is 44.0 Å². The van der Waals surface area contributed by atoms with Crippen LogP contribution < -0.4 is 5.32 Å². The number of carboxylic acid groups (broad SMARTS) is 1. The first-order chi connectivity index (χ1) is 12.1. The van der Waals surface area contributed by atoms with E-state index in [0.29, 0.717) is 12.2 Å². The van der Waals surface area contributed by atoms with E-state index in [1.165, 1.54) is 5.56 Å². The van der Waals surface area contributed by atoms with Crippen LogP contribution in [0.5, 0.6) is 0 Å². The lowest BCUT2D eigenvalue weighted by atomic mass is 10.1. The summed E-state index contributed by atoms with van der Waals surface area (Å²) < 4.78 is 5.05. The molecule has 1 unspecified atom stereocenters. The minimum atomic E-state index is -1.06. The molecule has 8 nitrogen and oxygen atoms in total. The number of aliphatic carboxylic acids is 1. The first-order valence-corrected chi connectivity index (χ1v) is 8.54. The second kappa shape index (κ2) is 8.06. The largest absolute Gasteiger partial charge is 0.481 e. The molecule has 1 atom stereocenters. The molecule has 0 saturated carbocycles. The van der Waals surface area contributed by atoms with Gasteiger partial charge in [-0.15, -0.1) is 0 Å². The van der Waals surface area contributed by atoms with Crippen molar-refractivity contribution in [3.63, 3.8) is 0 Å². The number of fused-ring (bicyclic) bond motifs is 1. The number of carbonyl (C=O) groups is 1. The lowest BCUT2D eigenvalue weighted by molar-refractivity contribution is -0.139. The van der Waals surface area contributed by atoms with Crippen molar-refractivity contribution in [2.24, 2.45) is 0 Å². The van der Waals surface area contributed by atoms with Crippen LogP contribution in [0, 0.1) is 0 Å². The third-order valence-electron chi connectivity index (χ3n) is 4.12. The van der Waals surface area contributed by atoms with Gasteiger partial charge in [-0.25, -0.2) is 4.98 Å². The number of aliphatic hydroxyl groups is 1. The van der Waals surface area contributed by atoms with Crippen LogP contribution in [0.3, 0.4) is 0 Å². The highest BCUT2D eigenvalue weighted by atomic mass is 16.5. The van der Waals surface area contributed by atoms with Gasteiger partial charge in [0.1, 0.15) is 5.82 Å². The van der Waals surface area contributed by atoms with E-state index in [0.717, 1.165) is 43.7 Å². The van der Waals surface area contributed by atoms with Gasteiger partial charge in [0.2, 0.25) is 5.89 Å². The van der Waals surface area contributed by atoms with Crippen LogP contribution in [0.1, 0.15) is 42.2 Å². The predicted octanol–water partition coefficient (Wildman–Crippen LogP) is 1.38. The molecule has 0 amide bonds. The second-order valence-electron chi connectivity index (χ2n) is 6.25. The summed E-state index contributed by atoms with van der Waals surface area (Å²) in [6, 6.07) is 4.20. The number of aromatic nitrogens is 3. The number of rotatable bonds is 8. The van der Waals surface area contributed by atoms with E-state index < -0.39 is 12.1 Å². The summed E-state index contributed by atoms with van der Waals surface area (Å²) in [6.07, 6.45) is 3.23. The van der Waals surface area contributed by atoms with E-state index >= 15 is 0 Å². The van der Waals surface area contributed by atoms with Gasteiger partial charge in [-0.1, -0.05) is 11.2 Å². The molecule has 0 aromatic carbocycles. The van der Waals surface area contributed by atoms with Gasteiger partial charge in [-0.3, -0.25) is 4.79 Å². The van der Waals surface area contributed by atoms with Gasteiger partial charge in [0.15, 0.2) is 5.82 Å². The molecule has 25 heavy (non-hydrogen) atoms. The number of hydrogen-bond acceptors (Lipinski definition) is 7. The zero-order valence-corrected chi connectivity index (χ0v) is 13.9. The van der Waals surface area contributed by atoms with E-state index in [1.54, 1.807) is 0 Å². The fraction of sp³-hybridized carbons (Fsp3) is 0.529. The van der Waals surface area contributed by atoms with Crippen molar-refractivity contribution in [1.29, 1.82) is 0 Å². The minimum Gasteiger partial charge on any atom is -0.481 e. The number of carboxylic acids is 1. The lowest BCUT2D eigenvalue weighted by Gasteiger charge is -2.17. The minimum absolute atomic E-state index is 0.0529. The summed E-state index contributed by atoms with van der Waals surface area (Å²) >= 11 is 0. The molecule has 3 rings (SSSR count). The van der Waals surface area contributed by atoms with Crippen molar-refractivity contribution in [2.45, 2.75) is 51.0 Å². The highest BCUT2D eigenvalue weighted by Crippen LogP contribution is 2.20. The fourth-order valence-electron chi connectivity index (χ4n) is 2.89. The Morgan fingerprint density at radius 1 is 1.32 bits per heavy atom. The maximum atomic E-state index is 10.5. The first kappa shape index (κ1) is 17.3. The Balaban J connectivity index is 1.47. The predicted molar refractivity (Wildman–Crippen MR) is 89.3 cm³/mol. The van der Waals surface area contributed by atoms with Gasteiger partial charge in [-0.2, -0.15) is 4.98 Å². The number of hydrogen-bond donors (Lipinski definition) is 3. The zero-order chi connectivity index (χ0) is 17.6. The zero-order valence-electron chi connectivity index (χ0n) is 13.9. The Bertz CT molecular complexity index is 731. The van der Waals surface area contributed by atoms with Crippen LogP contribution in [0.2, 0.25) is 0 Å². The molecule has 0 radical (unpaired) electrons. The van der Waals surface area contributed by atoms with Gasteiger partial charge >= 0.3 is 5.97 Å². The first-order valence-electron chi connectivity index (χ1n) is 8.54. The number of aryl methyl sites for hydroxylation is 3. The molecule has 0 saturated heterocycles. The van der Waals surface area contributed by atoms with Gasteiger partial charge in [0.05, 0.1) is 18.9 Å². The molecule has 1 aliphatic rings. The van der Waals surface area contributed by atoms with Crippen LogP contribution in [0.25, 0.3) is 0 Å². The summed E-state index contributed by atoms with van der Waals surface area (Å²) in [5.74, 6) is 0.769. The normalized spacial score (nSPS) is 14.6. The monoisotopic (exact) mass is 346 g/mol. The quantitative estimate of drug-likeness (QED) is 0.655. The molecule has 134 valence electrons. The Morgan fingerprint density at radius 2 is 2.20 bits per heavy atom. The van der Waals surface area contributed by atoms with E-state index in [9.17, 15) is 9.90 Å². The summed E-state index contributed by atoms with van der Waals surface area (Å²) in [5.41, 5.74) is 2.31. The Morgan fingerprint density at radius 3 is 3.04 bits per heavy atom. The van der Waals surface area contributed by atoms with E-state index in [4.69, 9.17) is 9.63 Å². The van der Waals surface area contributed by atoms with Crippen molar-refractivity contribution in [3.05, 3.63) is 35.1 Å². The number of anilines is 1. The molecule has 8 heteroatoms. The molecule has 3 heterocycles. The molecule has 3 N–H and O–H groups in total. The smallest absolute Gasteiger partial charge is 0.305 e. The van der Waals surface area contributed by atoms with Crippen LogP contribution in [0.4, 0.5) is 5.82 Å². The number of nitrogens with one attached hydrogen (secondary N) is 1. The van der Waals surface area contributed by atoms with Gasteiger partial charge in [-0.05, 0) is 37.3 Å². The molecular formula is C17H22N4O4. The Labute approximate surface area is 145 Å². The summed E-state index contributed by atoms with van der Waals surface area (Å²) in [7, 11) is 0. The third kappa shape index (κ3) is 4.99. The third-order valence-corrected chi connectivity index (χ3v) is 4.12. The molecular weight excluding hydrogens is 324 g/mol. The molecule has 0 fully saturated rings. The van der Waals surface area contributed by atoms with Crippen LogP contribution in [-0.2, 0) is 30.5 Å². The highest BCUT2D eigenvalue weighted by Gasteiger charge is 2.15. The average Bonchev–Trinajstić information content (AvgIpc) is 3.01. The summed E-state index contributed by atoms with van der Waals surface area (Å²) in [4.78, 5) is 19.4. The number of aliphatic hydroxyl groups excluding tert-OH is 1. The number of pyridine rings is 1. The van der Waals surface area contributed by atoms with Crippen molar-refractivity contribution >= 4 is 11.8 Å². The van der Waals surface area contributed by atoms with Crippen molar-refractivity contribution < 1.29 is 19.5 Å². The summed E-state index contributed by atoms with van der Waals surface area (Å²) in [6.45, 7) is 0.975. The maximum Gasteiger partial charge on any atom is 0.305 e. The standard InChI is InChI=1S/C17H22N4O4/c22-13(10-16(23)24)9-15-20-14(21-25-15)5-1-4-12-7-6-11-3-2-8-18-17(11)19-12/h6-7,13,22H,1-5,8-10H2,(H,18,19)(H,23,24). The highest BCUT2D eigenvalue weighted by molar-refractivity contribution is 5.67. The molecule has 0 aliphatic carbocycles. The van der Waals surface area contributed by atoms with Crippen molar-refractivity contribution in [3.8, 4) is 0 Å². The second-order valence-corrected chi connectivity index (χ2v) is 6.25. The lowest BCUT2D eigenvalue weighted by Crippen LogP contribution is -2.15. The SMILES string of the molecule is O=C(O)CC(O)Cc1nc(CCCc2ccc3c(n2)NCCC3)no1. The Kier molecular flexibility index (Phi) is 5.60. The Hall–Kier alpha value is -2.48. The van der Waals surface area contributed by atoms with Gasteiger partial charge < -0.3 is 20.1 Å². The van der Waals surface area contributed by atoms with Crippen LogP contribution >= 0.6 is 0 Å². The molecule has 0 spiro atoms. The average molecular weight is 346 g/mol. The van der Waals surface area contributed by atoms with Crippen LogP contribution in [0.15, 0.2) is 16.7 Å². The molecule has 0 bridgehead atoms. The topological polar surface area (TPSA) is 121 Å². The van der Waals surface area contributed by atoms with Gasteiger partial charge in [0.25, 0.3) is 0 Å². The van der Waals surface area contributed by atoms with Crippen molar-refractivity contribution in [2.75, 3.05) is 11.9 Å². The maximum absolute atomic E-state index is 10.5. The fourth-order valence-corrected chi connectivity index (χ4v) is 2.89. The molecule has 2 aromatic heterocycles. The van der Waals surface area contributed by atoms with E-state index in [-0.39, 0.29) is 18.7 Å². The van der Waals surface area contributed by atoms with E-state index in [1.807, 2.05) is 0 Å². The van der Waals surface area contributed by atoms with Gasteiger partial charge in [0, 0.05) is 18.7 Å². The number of nitrogens with zero attached hydrogens (tertiary/aromatic N) is 3.